The molecule has 0 atom stereocenters. The highest BCUT2D eigenvalue weighted by Crippen LogP contribution is 2.19. The number of carboxylic acids is 1. The van der Waals surface area contributed by atoms with Gasteiger partial charge in [-0.2, -0.15) is 0 Å². The molecule has 4 heteroatoms. The van der Waals surface area contributed by atoms with Gasteiger partial charge in [0.25, 0.3) is 0 Å². The molecular weight excluding hydrogens is 364 g/mol. The second-order valence-corrected chi connectivity index (χ2v) is 8.97. The molecule has 0 radical (unpaired) electrons. The molecule has 0 unspecified atom stereocenters. The molecule has 0 fully saturated rings. The number of aromatic carboxylic acids is 1. The molecule has 0 aromatic heterocycles. The molecule has 1 N–H and O–H groups in total. The van der Waals surface area contributed by atoms with Crippen LogP contribution in [-0.2, 0) is 4.74 Å². The molecule has 1 aromatic carbocycles. The second-order valence-electron chi connectivity index (χ2n) is 8.97. The Labute approximate surface area is 177 Å². The van der Waals surface area contributed by atoms with Crippen molar-refractivity contribution in [3.8, 4) is 0 Å². The lowest BCUT2D eigenvalue weighted by Gasteiger charge is -2.18. The van der Waals surface area contributed by atoms with Crippen LogP contribution >= 0.6 is 0 Å². The highest BCUT2D eigenvalue weighted by molar-refractivity contribution is 5.92. The largest absolute Gasteiger partial charge is 0.478 e. The van der Waals surface area contributed by atoms with E-state index in [2.05, 4.69) is 27.7 Å². The van der Waals surface area contributed by atoms with Gasteiger partial charge in [0, 0.05) is 0 Å². The lowest BCUT2D eigenvalue weighted by molar-refractivity contribution is 0.0248. The Morgan fingerprint density at radius 2 is 1.14 bits per heavy atom. The molecule has 0 aliphatic rings. The van der Waals surface area contributed by atoms with Crippen molar-refractivity contribution >= 4 is 11.9 Å². The zero-order valence-electron chi connectivity index (χ0n) is 18.8. The standard InChI is InChI=1S/C25H40O4/c1-19(2)11-7-5-9-13-23(14-10-6-8-12-20(3)4)29-25(28)22-17-15-21(16-18-22)24(26)27/h15-20,23H,5-14H2,1-4H3,(H,26,27). The van der Waals surface area contributed by atoms with E-state index in [0.29, 0.717) is 5.56 Å². The molecule has 0 heterocycles. The van der Waals surface area contributed by atoms with Crippen molar-refractivity contribution in [1.29, 1.82) is 0 Å². The first kappa shape index (κ1) is 25.2. The maximum atomic E-state index is 12.5. The summed E-state index contributed by atoms with van der Waals surface area (Å²) >= 11 is 0. The van der Waals surface area contributed by atoms with Gasteiger partial charge in [-0.1, -0.05) is 66.2 Å². The fourth-order valence-electron chi connectivity index (χ4n) is 3.43. The molecule has 1 rings (SSSR count). The van der Waals surface area contributed by atoms with Crippen molar-refractivity contribution < 1.29 is 19.4 Å². The summed E-state index contributed by atoms with van der Waals surface area (Å²) in [6.07, 6.45) is 11.2. The van der Waals surface area contributed by atoms with Crippen LogP contribution in [-0.4, -0.2) is 23.1 Å². The van der Waals surface area contributed by atoms with Crippen molar-refractivity contribution in [2.75, 3.05) is 0 Å². The number of carboxylic acid groups (broad SMARTS) is 1. The van der Waals surface area contributed by atoms with Crippen LogP contribution in [0.5, 0.6) is 0 Å². The quantitative estimate of drug-likeness (QED) is 0.249. The van der Waals surface area contributed by atoms with Crippen molar-refractivity contribution in [3.63, 3.8) is 0 Å². The predicted octanol–water partition coefficient (Wildman–Crippen LogP) is 7.12. The molecule has 0 saturated carbocycles. The third-order valence-corrected chi connectivity index (χ3v) is 5.26. The summed E-state index contributed by atoms with van der Waals surface area (Å²) in [5.41, 5.74) is 0.591. The molecule has 0 aliphatic heterocycles. The molecule has 1 aromatic rings. The van der Waals surface area contributed by atoms with E-state index in [4.69, 9.17) is 9.84 Å². The Morgan fingerprint density at radius 1 is 0.724 bits per heavy atom. The first-order valence-corrected chi connectivity index (χ1v) is 11.3. The van der Waals surface area contributed by atoms with Gasteiger partial charge < -0.3 is 9.84 Å². The minimum absolute atomic E-state index is 0.0558. The smallest absolute Gasteiger partial charge is 0.338 e. The van der Waals surface area contributed by atoms with Crippen molar-refractivity contribution in [3.05, 3.63) is 35.4 Å². The van der Waals surface area contributed by atoms with Crippen LogP contribution in [0.15, 0.2) is 24.3 Å². The maximum Gasteiger partial charge on any atom is 0.338 e. The molecule has 4 nitrogen and oxygen atoms in total. The van der Waals surface area contributed by atoms with E-state index >= 15 is 0 Å². The third-order valence-electron chi connectivity index (χ3n) is 5.26. The van der Waals surface area contributed by atoms with Gasteiger partial charge in [0.2, 0.25) is 0 Å². The summed E-state index contributed by atoms with van der Waals surface area (Å²) in [5, 5.41) is 8.99. The van der Waals surface area contributed by atoms with E-state index in [1.807, 2.05) is 0 Å². The normalized spacial score (nSPS) is 11.4. The second kappa shape index (κ2) is 14.2. The molecule has 0 saturated heterocycles. The summed E-state index contributed by atoms with van der Waals surface area (Å²) in [6.45, 7) is 8.99. The number of carbonyl (C=O) groups is 2. The lowest BCUT2D eigenvalue weighted by atomic mass is 9.99. The van der Waals surface area contributed by atoms with E-state index in [0.717, 1.165) is 37.5 Å². The first-order valence-electron chi connectivity index (χ1n) is 11.3. The Kier molecular flexibility index (Phi) is 12.3. The van der Waals surface area contributed by atoms with Crippen LogP contribution < -0.4 is 0 Å². The van der Waals surface area contributed by atoms with Crippen LogP contribution in [0.25, 0.3) is 0 Å². The summed E-state index contributed by atoms with van der Waals surface area (Å²) in [4.78, 5) is 23.5. The molecule has 0 spiro atoms. The Hall–Kier alpha value is -1.84. The third kappa shape index (κ3) is 11.7. The number of hydrogen-bond donors (Lipinski definition) is 1. The molecule has 164 valence electrons. The minimum atomic E-state index is -0.995. The number of carbonyl (C=O) groups excluding carboxylic acids is 1. The van der Waals surface area contributed by atoms with Gasteiger partial charge in [-0.25, -0.2) is 9.59 Å². The first-order chi connectivity index (χ1) is 13.8. The topological polar surface area (TPSA) is 63.6 Å². The van der Waals surface area contributed by atoms with Gasteiger partial charge in [-0.05, 0) is 61.8 Å². The molecule has 0 aliphatic carbocycles. The molecule has 0 bridgehead atoms. The molecule has 0 amide bonds. The van der Waals surface area contributed by atoms with Crippen LogP contribution in [0.4, 0.5) is 0 Å². The minimum Gasteiger partial charge on any atom is -0.478 e. The number of hydrogen-bond acceptors (Lipinski definition) is 3. The van der Waals surface area contributed by atoms with Crippen molar-refractivity contribution in [2.45, 2.75) is 98.0 Å². The number of ether oxygens (including phenoxy) is 1. The van der Waals surface area contributed by atoms with E-state index in [1.54, 1.807) is 0 Å². The van der Waals surface area contributed by atoms with Gasteiger partial charge in [-0.15, -0.1) is 0 Å². The van der Waals surface area contributed by atoms with Crippen LogP contribution in [0.1, 0.15) is 113 Å². The SMILES string of the molecule is CC(C)CCCCCC(CCCCCC(C)C)OC(=O)c1ccc(C(=O)O)cc1. The molecule has 29 heavy (non-hydrogen) atoms. The average Bonchev–Trinajstić information content (AvgIpc) is 2.66. The number of esters is 1. The van der Waals surface area contributed by atoms with Gasteiger partial charge in [0.1, 0.15) is 6.10 Å². The van der Waals surface area contributed by atoms with Crippen LogP contribution in [0.3, 0.4) is 0 Å². The van der Waals surface area contributed by atoms with Crippen molar-refractivity contribution in [1.82, 2.24) is 0 Å². The summed E-state index contributed by atoms with van der Waals surface area (Å²) in [5.74, 6) is 0.124. The zero-order valence-corrected chi connectivity index (χ0v) is 18.8. The van der Waals surface area contributed by atoms with Gasteiger partial charge >= 0.3 is 11.9 Å². The Balaban J connectivity index is 2.53. The Bertz CT molecular complexity index is 571. The van der Waals surface area contributed by atoms with E-state index < -0.39 is 5.97 Å². The van der Waals surface area contributed by atoms with Gasteiger partial charge in [-0.3, -0.25) is 0 Å². The van der Waals surface area contributed by atoms with E-state index in [1.165, 1.54) is 62.8 Å². The maximum absolute atomic E-state index is 12.5. The summed E-state index contributed by atoms with van der Waals surface area (Å²) in [7, 11) is 0. The van der Waals surface area contributed by atoms with Gasteiger partial charge in [0.05, 0.1) is 11.1 Å². The number of benzene rings is 1. The van der Waals surface area contributed by atoms with Crippen molar-refractivity contribution in [2.24, 2.45) is 11.8 Å². The fraction of sp³-hybridized carbons (Fsp3) is 0.680. The number of rotatable bonds is 15. The highest BCUT2D eigenvalue weighted by atomic mass is 16.5. The van der Waals surface area contributed by atoms with E-state index in [-0.39, 0.29) is 17.6 Å². The monoisotopic (exact) mass is 404 g/mol. The fourth-order valence-corrected chi connectivity index (χ4v) is 3.43. The summed E-state index contributed by atoms with van der Waals surface area (Å²) in [6, 6.07) is 5.97. The highest BCUT2D eigenvalue weighted by Gasteiger charge is 2.16. The molecular formula is C25H40O4. The predicted molar refractivity (Wildman–Crippen MR) is 118 cm³/mol. The Morgan fingerprint density at radius 3 is 1.55 bits per heavy atom. The van der Waals surface area contributed by atoms with Gasteiger partial charge in [0.15, 0.2) is 0 Å². The average molecular weight is 405 g/mol. The lowest BCUT2D eigenvalue weighted by Crippen LogP contribution is -2.18. The van der Waals surface area contributed by atoms with E-state index in [9.17, 15) is 9.59 Å². The van der Waals surface area contributed by atoms with Crippen LogP contribution in [0, 0.1) is 11.8 Å². The summed E-state index contributed by atoms with van der Waals surface area (Å²) < 4.78 is 5.81. The number of unbranched alkanes of at least 4 members (excludes halogenated alkanes) is 4. The zero-order chi connectivity index (χ0) is 21.6. The van der Waals surface area contributed by atoms with Crippen LogP contribution in [0.2, 0.25) is 0 Å².